The number of carbonyl (C=O) groups excluding carboxylic acids is 1. The SMILES string of the molecule is CCCCc1ccc(CC(=O)NC2CCN(c3ccc(C#N)cc3)CC2)cc1. The first-order chi connectivity index (χ1) is 13.7. The number of piperidine rings is 1. The van der Waals surface area contributed by atoms with Gasteiger partial charge in [-0.3, -0.25) is 4.79 Å². The van der Waals surface area contributed by atoms with E-state index >= 15 is 0 Å². The zero-order valence-corrected chi connectivity index (χ0v) is 16.7. The van der Waals surface area contributed by atoms with E-state index in [0.29, 0.717) is 12.0 Å². The van der Waals surface area contributed by atoms with Gasteiger partial charge in [0.25, 0.3) is 0 Å². The van der Waals surface area contributed by atoms with Gasteiger partial charge in [0, 0.05) is 24.8 Å². The van der Waals surface area contributed by atoms with Gasteiger partial charge in [0.1, 0.15) is 0 Å². The van der Waals surface area contributed by atoms with Crippen molar-refractivity contribution in [1.82, 2.24) is 5.32 Å². The summed E-state index contributed by atoms with van der Waals surface area (Å²) in [4.78, 5) is 14.7. The third kappa shape index (κ3) is 5.60. The highest BCUT2D eigenvalue weighted by Crippen LogP contribution is 2.20. The van der Waals surface area contributed by atoms with Gasteiger partial charge in [-0.25, -0.2) is 0 Å². The molecule has 146 valence electrons. The maximum absolute atomic E-state index is 12.4. The lowest BCUT2D eigenvalue weighted by Crippen LogP contribution is -2.45. The standard InChI is InChI=1S/C24H29N3O/c1-2-3-4-19-5-7-20(8-6-19)17-24(28)26-22-13-15-27(16-14-22)23-11-9-21(18-25)10-12-23/h5-12,22H,2-4,13-17H2,1H3,(H,26,28). The molecule has 0 radical (unpaired) electrons. The first-order valence-electron chi connectivity index (χ1n) is 10.3. The zero-order chi connectivity index (χ0) is 19.8. The van der Waals surface area contributed by atoms with Crippen molar-refractivity contribution in [2.75, 3.05) is 18.0 Å². The van der Waals surface area contributed by atoms with E-state index in [1.54, 1.807) is 0 Å². The minimum absolute atomic E-state index is 0.109. The molecule has 0 spiro atoms. The number of benzene rings is 2. The summed E-state index contributed by atoms with van der Waals surface area (Å²) in [5, 5.41) is 12.1. The molecule has 0 atom stereocenters. The molecular weight excluding hydrogens is 346 g/mol. The average molecular weight is 376 g/mol. The van der Waals surface area contributed by atoms with E-state index in [2.05, 4.69) is 47.5 Å². The molecule has 28 heavy (non-hydrogen) atoms. The summed E-state index contributed by atoms with van der Waals surface area (Å²) in [6.45, 7) is 4.04. The van der Waals surface area contributed by atoms with E-state index in [1.807, 2.05) is 24.3 Å². The molecule has 0 aromatic heterocycles. The molecule has 1 saturated heterocycles. The van der Waals surface area contributed by atoms with E-state index in [1.165, 1.54) is 18.4 Å². The van der Waals surface area contributed by atoms with Crippen LogP contribution >= 0.6 is 0 Å². The summed E-state index contributed by atoms with van der Waals surface area (Å²) in [7, 11) is 0. The lowest BCUT2D eigenvalue weighted by Gasteiger charge is -2.34. The maximum atomic E-state index is 12.4. The van der Waals surface area contributed by atoms with Crippen LogP contribution in [0.15, 0.2) is 48.5 Å². The Labute approximate surface area is 168 Å². The first kappa shape index (κ1) is 19.9. The zero-order valence-electron chi connectivity index (χ0n) is 16.7. The third-order valence-electron chi connectivity index (χ3n) is 5.43. The van der Waals surface area contributed by atoms with Gasteiger partial charge >= 0.3 is 0 Å². The number of nitriles is 1. The molecule has 1 heterocycles. The Hall–Kier alpha value is -2.80. The van der Waals surface area contributed by atoms with Crippen molar-refractivity contribution >= 4 is 11.6 Å². The van der Waals surface area contributed by atoms with E-state index in [9.17, 15) is 4.79 Å². The van der Waals surface area contributed by atoms with Gasteiger partial charge in [0.05, 0.1) is 18.1 Å². The van der Waals surface area contributed by atoms with Crippen LogP contribution in [-0.4, -0.2) is 25.0 Å². The molecule has 0 aliphatic carbocycles. The molecule has 1 N–H and O–H groups in total. The van der Waals surface area contributed by atoms with Crippen molar-refractivity contribution in [2.45, 2.75) is 51.5 Å². The van der Waals surface area contributed by atoms with Crippen LogP contribution in [0, 0.1) is 11.3 Å². The molecule has 4 heteroatoms. The van der Waals surface area contributed by atoms with Gasteiger partial charge < -0.3 is 10.2 Å². The van der Waals surface area contributed by atoms with Crippen molar-refractivity contribution in [2.24, 2.45) is 0 Å². The second-order valence-corrected chi connectivity index (χ2v) is 7.58. The molecule has 1 aliphatic rings. The molecule has 2 aromatic rings. The summed E-state index contributed by atoms with van der Waals surface area (Å²) in [5.41, 5.74) is 4.25. The van der Waals surface area contributed by atoms with Crippen LogP contribution < -0.4 is 10.2 Å². The van der Waals surface area contributed by atoms with Crippen LogP contribution in [-0.2, 0) is 17.6 Å². The Bertz CT molecular complexity index is 797. The van der Waals surface area contributed by atoms with E-state index < -0.39 is 0 Å². The van der Waals surface area contributed by atoms with Gasteiger partial charge in [0.15, 0.2) is 0 Å². The topological polar surface area (TPSA) is 56.1 Å². The van der Waals surface area contributed by atoms with Crippen molar-refractivity contribution in [3.05, 3.63) is 65.2 Å². The Kier molecular flexibility index (Phi) is 7.08. The second kappa shape index (κ2) is 9.94. The van der Waals surface area contributed by atoms with Gasteiger partial charge in [-0.15, -0.1) is 0 Å². The molecule has 3 rings (SSSR count). The summed E-state index contributed by atoms with van der Waals surface area (Å²) in [6.07, 6.45) is 5.86. The average Bonchev–Trinajstić information content (AvgIpc) is 2.74. The van der Waals surface area contributed by atoms with Gasteiger partial charge in [-0.05, 0) is 61.1 Å². The molecule has 1 aliphatic heterocycles. The highest BCUT2D eigenvalue weighted by atomic mass is 16.1. The number of rotatable bonds is 7. The first-order valence-corrected chi connectivity index (χ1v) is 10.3. The number of amides is 1. The minimum atomic E-state index is 0.109. The summed E-state index contributed by atoms with van der Waals surface area (Å²) in [6, 6.07) is 18.6. The smallest absolute Gasteiger partial charge is 0.224 e. The maximum Gasteiger partial charge on any atom is 0.224 e. The Morgan fingerprint density at radius 1 is 1.07 bits per heavy atom. The number of hydrogen-bond donors (Lipinski definition) is 1. The number of carbonyl (C=O) groups is 1. The molecule has 1 fully saturated rings. The van der Waals surface area contributed by atoms with E-state index in [0.717, 1.165) is 43.6 Å². The lowest BCUT2D eigenvalue weighted by molar-refractivity contribution is -0.121. The molecule has 0 bridgehead atoms. The minimum Gasteiger partial charge on any atom is -0.371 e. The van der Waals surface area contributed by atoms with Gasteiger partial charge in [-0.1, -0.05) is 37.6 Å². The molecule has 0 saturated carbocycles. The van der Waals surface area contributed by atoms with Crippen LogP contribution in [0.3, 0.4) is 0 Å². The van der Waals surface area contributed by atoms with Crippen LogP contribution in [0.2, 0.25) is 0 Å². The highest BCUT2D eigenvalue weighted by molar-refractivity contribution is 5.78. The molecule has 4 nitrogen and oxygen atoms in total. The largest absolute Gasteiger partial charge is 0.371 e. The normalized spacial score (nSPS) is 14.5. The fourth-order valence-corrected chi connectivity index (χ4v) is 3.70. The molecule has 2 aromatic carbocycles. The van der Waals surface area contributed by atoms with Crippen molar-refractivity contribution in [3.63, 3.8) is 0 Å². The molecule has 0 unspecified atom stereocenters. The van der Waals surface area contributed by atoms with Gasteiger partial charge in [-0.2, -0.15) is 5.26 Å². The summed E-state index contributed by atoms with van der Waals surface area (Å²) in [5.74, 6) is 0.109. The summed E-state index contributed by atoms with van der Waals surface area (Å²) >= 11 is 0. The van der Waals surface area contributed by atoms with Crippen molar-refractivity contribution in [3.8, 4) is 6.07 Å². The monoisotopic (exact) mass is 375 g/mol. The predicted molar refractivity (Wildman–Crippen MR) is 113 cm³/mol. The third-order valence-corrected chi connectivity index (χ3v) is 5.43. The van der Waals surface area contributed by atoms with Crippen LogP contribution in [0.4, 0.5) is 5.69 Å². The predicted octanol–water partition coefficient (Wildman–Crippen LogP) is 4.23. The second-order valence-electron chi connectivity index (χ2n) is 7.58. The summed E-state index contributed by atoms with van der Waals surface area (Å²) < 4.78 is 0. The molecule has 1 amide bonds. The number of anilines is 1. The van der Waals surface area contributed by atoms with Crippen LogP contribution in [0.25, 0.3) is 0 Å². The quantitative estimate of drug-likeness (QED) is 0.788. The highest BCUT2D eigenvalue weighted by Gasteiger charge is 2.21. The van der Waals surface area contributed by atoms with Crippen LogP contribution in [0.1, 0.15) is 49.3 Å². The van der Waals surface area contributed by atoms with Crippen molar-refractivity contribution in [1.29, 1.82) is 5.26 Å². The Morgan fingerprint density at radius 2 is 1.71 bits per heavy atom. The Balaban J connectivity index is 1.43. The van der Waals surface area contributed by atoms with E-state index in [-0.39, 0.29) is 11.9 Å². The fraction of sp³-hybridized carbons (Fsp3) is 0.417. The van der Waals surface area contributed by atoms with Gasteiger partial charge in [0.2, 0.25) is 5.91 Å². The lowest BCUT2D eigenvalue weighted by atomic mass is 10.0. The molecular formula is C24H29N3O. The fourth-order valence-electron chi connectivity index (χ4n) is 3.70. The van der Waals surface area contributed by atoms with Crippen molar-refractivity contribution < 1.29 is 4.79 Å². The number of unbranched alkanes of at least 4 members (excludes halogenated alkanes) is 1. The van der Waals surface area contributed by atoms with Crippen LogP contribution in [0.5, 0.6) is 0 Å². The number of nitrogens with zero attached hydrogens (tertiary/aromatic N) is 2. The number of aryl methyl sites for hydroxylation is 1. The van der Waals surface area contributed by atoms with E-state index in [4.69, 9.17) is 5.26 Å². The Morgan fingerprint density at radius 3 is 2.32 bits per heavy atom. The number of hydrogen-bond acceptors (Lipinski definition) is 3. The number of nitrogens with one attached hydrogen (secondary N) is 1.